The molecule has 2 rings (SSSR count). The zero-order chi connectivity index (χ0) is 25.3. The molecule has 0 aromatic rings. The second kappa shape index (κ2) is 10.3. The van der Waals surface area contributed by atoms with E-state index >= 15 is 0 Å². The highest BCUT2D eigenvalue weighted by Gasteiger charge is 2.55. The predicted octanol–water partition coefficient (Wildman–Crippen LogP) is 3.61. The van der Waals surface area contributed by atoms with E-state index in [1.807, 2.05) is 13.8 Å². The van der Waals surface area contributed by atoms with Gasteiger partial charge in [-0.25, -0.2) is 9.59 Å². The quantitative estimate of drug-likeness (QED) is 0.178. The minimum atomic E-state index is -1.69. The van der Waals surface area contributed by atoms with E-state index in [4.69, 9.17) is 25.8 Å². The van der Waals surface area contributed by atoms with Crippen molar-refractivity contribution >= 4 is 23.5 Å². The Bertz CT molecular complexity index is 842. The molecule has 1 aliphatic carbocycles. The second-order valence-corrected chi connectivity index (χ2v) is 10.2. The number of carbonyl (C=O) groups is 2. The number of aliphatic hydroxyl groups excluding tert-OH is 1. The molecule has 0 radical (unpaired) electrons. The Morgan fingerprint density at radius 2 is 1.70 bits per heavy atom. The molecular formula is C25H37ClO7. The van der Waals surface area contributed by atoms with Gasteiger partial charge in [0.15, 0.2) is 0 Å². The molecule has 0 aromatic heterocycles. The van der Waals surface area contributed by atoms with E-state index in [1.54, 1.807) is 39.8 Å². The minimum Gasteiger partial charge on any atom is -0.456 e. The van der Waals surface area contributed by atoms with E-state index in [0.717, 1.165) is 0 Å². The Labute approximate surface area is 201 Å². The van der Waals surface area contributed by atoms with Crippen molar-refractivity contribution in [3.05, 3.63) is 35.5 Å². The molecule has 7 nitrogen and oxygen atoms in total. The van der Waals surface area contributed by atoms with Gasteiger partial charge in [-0.2, -0.15) is 0 Å². The van der Waals surface area contributed by atoms with E-state index in [-0.39, 0.29) is 18.1 Å². The molecule has 33 heavy (non-hydrogen) atoms. The van der Waals surface area contributed by atoms with Crippen LogP contribution in [0.15, 0.2) is 35.5 Å². The van der Waals surface area contributed by atoms with Gasteiger partial charge in [-0.3, -0.25) is 0 Å². The maximum absolute atomic E-state index is 12.6. The lowest BCUT2D eigenvalue weighted by Gasteiger charge is -2.47. The lowest BCUT2D eigenvalue weighted by Crippen LogP contribution is -2.61. The summed E-state index contributed by atoms with van der Waals surface area (Å²) < 4.78 is 17.1. The largest absolute Gasteiger partial charge is 0.456 e. The summed E-state index contributed by atoms with van der Waals surface area (Å²) in [5, 5.41) is 20.9. The molecule has 2 N–H and O–H groups in total. The Kier molecular flexibility index (Phi) is 8.61. The van der Waals surface area contributed by atoms with Crippen LogP contribution in [0.3, 0.4) is 0 Å². The van der Waals surface area contributed by atoms with Crippen LogP contribution in [0.1, 0.15) is 61.3 Å². The monoisotopic (exact) mass is 484 g/mol. The van der Waals surface area contributed by atoms with Gasteiger partial charge in [-0.15, -0.1) is 11.6 Å². The number of allylic oxidation sites excluding steroid dienone is 2. The fourth-order valence-corrected chi connectivity index (χ4v) is 4.21. The second-order valence-electron chi connectivity index (χ2n) is 9.71. The van der Waals surface area contributed by atoms with Gasteiger partial charge in [-0.05, 0) is 60.5 Å². The van der Waals surface area contributed by atoms with Crippen molar-refractivity contribution in [2.45, 2.75) is 102 Å². The number of hydrogen-bond donors (Lipinski definition) is 2. The van der Waals surface area contributed by atoms with Crippen LogP contribution in [0.2, 0.25) is 0 Å². The summed E-state index contributed by atoms with van der Waals surface area (Å²) in [7, 11) is 0. The molecular weight excluding hydrogens is 448 g/mol. The van der Waals surface area contributed by atoms with Crippen molar-refractivity contribution in [2.24, 2.45) is 5.92 Å². The maximum Gasteiger partial charge on any atom is 0.333 e. The van der Waals surface area contributed by atoms with Crippen LogP contribution in [0.4, 0.5) is 0 Å². The molecule has 1 heterocycles. The van der Waals surface area contributed by atoms with Crippen molar-refractivity contribution in [1.82, 2.24) is 0 Å². The molecule has 0 amide bonds. The Morgan fingerprint density at radius 3 is 2.18 bits per heavy atom. The molecule has 2 unspecified atom stereocenters. The molecule has 2 aliphatic rings. The van der Waals surface area contributed by atoms with Crippen LogP contribution in [0, 0.1) is 5.92 Å². The van der Waals surface area contributed by atoms with Crippen molar-refractivity contribution in [2.75, 3.05) is 0 Å². The first-order chi connectivity index (χ1) is 15.2. The summed E-state index contributed by atoms with van der Waals surface area (Å²) in [6, 6.07) is 0. The van der Waals surface area contributed by atoms with E-state index in [1.165, 1.54) is 6.92 Å². The number of epoxide rings is 1. The van der Waals surface area contributed by atoms with Crippen LogP contribution in [-0.2, 0) is 23.8 Å². The molecule has 1 saturated heterocycles. The molecule has 1 aliphatic heterocycles. The van der Waals surface area contributed by atoms with Gasteiger partial charge in [0.1, 0.15) is 23.9 Å². The van der Waals surface area contributed by atoms with Crippen LogP contribution >= 0.6 is 11.6 Å². The van der Waals surface area contributed by atoms with Crippen LogP contribution in [0.5, 0.6) is 0 Å². The van der Waals surface area contributed by atoms with E-state index < -0.39 is 47.1 Å². The van der Waals surface area contributed by atoms with Crippen LogP contribution in [-0.4, -0.2) is 63.1 Å². The zero-order valence-corrected chi connectivity index (χ0v) is 21.3. The Morgan fingerprint density at radius 1 is 1.18 bits per heavy atom. The third-order valence-electron chi connectivity index (χ3n) is 6.89. The number of alkyl halides is 1. The molecule has 8 heteroatoms. The fourth-order valence-electron chi connectivity index (χ4n) is 3.89. The van der Waals surface area contributed by atoms with E-state index in [9.17, 15) is 19.8 Å². The number of hydrogen-bond acceptors (Lipinski definition) is 7. The van der Waals surface area contributed by atoms with E-state index in [2.05, 4.69) is 6.58 Å². The number of carbonyl (C=O) groups excluding carboxylic acids is 2. The highest BCUT2D eigenvalue weighted by atomic mass is 35.5. The topological polar surface area (TPSA) is 106 Å². The minimum absolute atomic E-state index is 0.146. The van der Waals surface area contributed by atoms with Crippen molar-refractivity contribution in [1.29, 1.82) is 0 Å². The first-order valence-electron chi connectivity index (χ1n) is 11.3. The Hall–Kier alpha value is -1.67. The zero-order valence-electron chi connectivity index (χ0n) is 20.6. The molecule has 186 valence electrons. The summed E-state index contributed by atoms with van der Waals surface area (Å²) in [5.41, 5.74) is -0.783. The lowest BCUT2D eigenvalue weighted by molar-refractivity contribution is -0.184. The van der Waals surface area contributed by atoms with Gasteiger partial charge in [0.25, 0.3) is 0 Å². The predicted molar refractivity (Wildman–Crippen MR) is 126 cm³/mol. The molecule has 0 aromatic carbocycles. The highest BCUT2D eigenvalue weighted by Crippen LogP contribution is 2.45. The number of rotatable bonds is 8. The first kappa shape index (κ1) is 27.6. The summed E-state index contributed by atoms with van der Waals surface area (Å²) >= 11 is 6.44. The molecule has 1 saturated carbocycles. The number of esters is 2. The van der Waals surface area contributed by atoms with Crippen LogP contribution in [0.25, 0.3) is 0 Å². The highest BCUT2D eigenvalue weighted by molar-refractivity contribution is 6.21. The summed E-state index contributed by atoms with van der Waals surface area (Å²) in [6.07, 6.45) is 0.289. The van der Waals surface area contributed by atoms with Gasteiger partial charge >= 0.3 is 11.9 Å². The SMILES string of the molecule is C=C(C(CC1OC1(C)C)OC(=O)/C(C)=C\C)[C@H]1C[C@H](Cl)[C@@](C)(O)[C@@H](O)[C@H]1OC(=O)/C(C)=C\C. The van der Waals surface area contributed by atoms with Crippen molar-refractivity contribution in [3.63, 3.8) is 0 Å². The lowest BCUT2D eigenvalue weighted by atomic mass is 9.71. The third kappa shape index (κ3) is 6.07. The molecule has 0 bridgehead atoms. The van der Waals surface area contributed by atoms with Crippen LogP contribution < -0.4 is 0 Å². The molecule has 7 atom stereocenters. The van der Waals surface area contributed by atoms with Crippen molar-refractivity contribution < 1.29 is 34.0 Å². The average molecular weight is 485 g/mol. The van der Waals surface area contributed by atoms with Gasteiger partial charge in [0.05, 0.1) is 17.1 Å². The summed E-state index contributed by atoms with van der Waals surface area (Å²) in [4.78, 5) is 25.1. The summed E-state index contributed by atoms with van der Waals surface area (Å²) in [5.74, 6) is -1.76. The number of ether oxygens (including phenoxy) is 3. The average Bonchev–Trinajstić information content (AvgIpc) is 3.37. The van der Waals surface area contributed by atoms with E-state index in [0.29, 0.717) is 23.1 Å². The first-order valence-corrected chi connectivity index (χ1v) is 11.7. The van der Waals surface area contributed by atoms with Crippen molar-refractivity contribution in [3.8, 4) is 0 Å². The van der Waals surface area contributed by atoms with Gasteiger partial charge in [0, 0.05) is 23.5 Å². The van der Waals surface area contributed by atoms with Gasteiger partial charge < -0.3 is 24.4 Å². The maximum atomic E-state index is 12.6. The molecule has 2 fully saturated rings. The molecule has 0 spiro atoms. The standard InChI is InChI=1S/C25H37ClO7/c1-9-13(3)22(28)31-17(12-19-24(6,7)33-19)15(5)16-11-18(26)25(8,30)21(27)20(16)32-23(29)14(4)10-2/h9-10,16-21,27,30H,5,11-12H2,1-4,6-8H3/b13-9-,14-10-/t16-,17?,18+,19?,20+,21+,25-/m1/s1. The van der Waals surface area contributed by atoms with Gasteiger partial charge in [-0.1, -0.05) is 18.7 Å². The van der Waals surface area contributed by atoms with Gasteiger partial charge in [0.2, 0.25) is 0 Å². The fraction of sp³-hybridized carbons (Fsp3) is 0.680. The third-order valence-corrected chi connectivity index (χ3v) is 7.51. The number of halogens is 1. The Balaban J connectivity index is 2.38. The number of aliphatic hydroxyl groups is 2. The smallest absolute Gasteiger partial charge is 0.333 e. The summed E-state index contributed by atoms with van der Waals surface area (Å²) in [6.45, 7) is 16.2. The normalized spacial score (nSPS) is 34.9.